The first kappa shape index (κ1) is 13.5. The first-order valence-electron chi connectivity index (χ1n) is 5.82. The highest BCUT2D eigenvalue weighted by atomic mass is 35.5. The average Bonchev–Trinajstić information content (AvgIpc) is 2.86. The topological polar surface area (TPSA) is 12.0 Å². The van der Waals surface area contributed by atoms with E-state index in [0.717, 1.165) is 5.56 Å². The van der Waals surface area contributed by atoms with E-state index in [1.807, 2.05) is 19.1 Å². The summed E-state index contributed by atoms with van der Waals surface area (Å²) in [6.45, 7) is 4.13. The number of benzene rings is 1. The molecule has 0 saturated carbocycles. The van der Waals surface area contributed by atoms with Crippen LogP contribution in [0.2, 0.25) is 5.02 Å². The van der Waals surface area contributed by atoms with Crippen LogP contribution in [0.25, 0.3) is 0 Å². The first-order valence-corrected chi connectivity index (χ1v) is 7.08. The lowest BCUT2D eigenvalue weighted by molar-refractivity contribution is 0.497. The zero-order valence-corrected chi connectivity index (χ0v) is 11.9. The normalized spacial score (nSPS) is 14.4. The molecule has 0 saturated heterocycles. The highest BCUT2D eigenvalue weighted by Gasteiger charge is 2.13. The van der Waals surface area contributed by atoms with E-state index in [0.29, 0.717) is 0 Å². The van der Waals surface area contributed by atoms with Crippen molar-refractivity contribution in [1.82, 2.24) is 5.32 Å². The van der Waals surface area contributed by atoms with Crippen molar-refractivity contribution in [2.24, 2.45) is 0 Å². The molecule has 2 atom stereocenters. The Balaban J connectivity index is 2.07. The zero-order chi connectivity index (χ0) is 13.1. The minimum absolute atomic E-state index is 0.0777. The summed E-state index contributed by atoms with van der Waals surface area (Å²) in [7, 11) is 0. The standard InChI is InChI=1S/C14H15ClFNS/c1-9(11-5-6-12(15)13(16)8-11)17-10(2)14-4-3-7-18-14/h3-10,17H,1-2H3/t9?,10-/m0/s1. The molecule has 4 heteroatoms. The molecule has 1 aromatic heterocycles. The molecule has 1 nitrogen and oxygen atoms in total. The van der Waals surface area contributed by atoms with Crippen molar-refractivity contribution in [3.05, 3.63) is 57.0 Å². The van der Waals surface area contributed by atoms with Crippen LogP contribution in [-0.2, 0) is 0 Å². The van der Waals surface area contributed by atoms with Crippen molar-refractivity contribution in [3.8, 4) is 0 Å². The Morgan fingerprint density at radius 3 is 2.61 bits per heavy atom. The molecule has 0 spiro atoms. The van der Waals surface area contributed by atoms with E-state index in [1.54, 1.807) is 17.4 Å². The van der Waals surface area contributed by atoms with Crippen LogP contribution in [0, 0.1) is 5.82 Å². The van der Waals surface area contributed by atoms with Gasteiger partial charge < -0.3 is 5.32 Å². The Hall–Kier alpha value is -0.900. The van der Waals surface area contributed by atoms with Crippen molar-refractivity contribution in [2.75, 3.05) is 0 Å². The Morgan fingerprint density at radius 1 is 1.22 bits per heavy atom. The molecule has 18 heavy (non-hydrogen) atoms. The van der Waals surface area contributed by atoms with Crippen molar-refractivity contribution in [1.29, 1.82) is 0 Å². The average molecular weight is 284 g/mol. The highest BCUT2D eigenvalue weighted by molar-refractivity contribution is 7.10. The number of hydrogen-bond donors (Lipinski definition) is 1. The van der Waals surface area contributed by atoms with E-state index >= 15 is 0 Å². The van der Waals surface area contributed by atoms with Gasteiger partial charge in [-0.15, -0.1) is 11.3 Å². The predicted molar refractivity (Wildman–Crippen MR) is 75.7 cm³/mol. The van der Waals surface area contributed by atoms with Gasteiger partial charge in [-0.1, -0.05) is 23.7 Å². The van der Waals surface area contributed by atoms with E-state index in [9.17, 15) is 4.39 Å². The molecular formula is C14H15ClFNS. The molecule has 1 N–H and O–H groups in total. The quantitative estimate of drug-likeness (QED) is 0.837. The maximum Gasteiger partial charge on any atom is 0.142 e. The molecule has 1 heterocycles. The minimum atomic E-state index is -0.369. The fraction of sp³-hybridized carbons (Fsp3) is 0.286. The van der Waals surface area contributed by atoms with Crippen molar-refractivity contribution < 1.29 is 4.39 Å². The summed E-state index contributed by atoms with van der Waals surface area (Å²) in [5, 5.41) is 5.67. The molecular weight excluding hydrogens is 269 g/mol. The molecule has 0 aliphatic heterocycles. The third kappa shape index (κ3) is 3.10. The van der Waals surface area contributed by atoms with E-state index in [1.165, 1.54) is 10.9 Å². The summed E-state index contributed by atoms with van der Waals surface area (Å²) in [5.41, 5.74) is 0.903. The monoisotopic (exact) mass is 283 g/mol. The Labute approximate surface area is 116 Å². The van der Waals surface area contributed by atoms with Gasteiger partial charge in [0.05, 0.1) is 5.02 Å². The highest BCUT2D eigenvalue weighted by Crippen LogP contribution is 2.24. The number of halogens is 2. The minimum Gasteiger partial charge on any atom is -0.303 e. The summed E-state index contributed by atoms with van der Waals surface area (Å²) < 4.78 is 13.4. The second-order valence-corrected chi connectivity index (χ2v) is 5.69. The predicted octanol–water partition coefficient (Wildman–Crippen LogP) is 4.95. The summed E-state index contributed by atoms with van der Waals surface area (Å²) >= 11 is 7.39. The summed E-state index contributed by atoms with van der Waals surface area (Å²) in [6, 6.07) is 9.39. The lowest BCUT2D eigenvalue weighted by Gasteiger charge is -2.19. The maximum atomic E-state index is 13.4. The van der Waals surface area contributed by atoms with Gasteiger partial charge in [0.1, 0.15) is 5.82 Å². The smallest absolute Gasteiger partial charge is 0.142 e. The molecule has 0 aliphatic carbocycles. The second kappa shape index (κ2) is 5.83. The lowest BCUT2D eigenvalue weighted by Crippen LogP contribution is -2.21. The molecule has 96 valence electrons. The lowest BCUT2D eigenvalue weighted by atomic mass is 10.1. The van der Waals surface area contributed by atoms with Crippen LogP contribution in [0.3, 0.4) is 0 Å². The van der Waals surface area contributed by atoms with Crippen LogP contribution < -0.4 is 5.32 Å². The van der Waals surface area contributed by atoms with Crippen LogP contribution in [0.15, 0.2) is 35.7 Å². The van der Waals surface area contributed by atoms with E-state index in [-0.39, 0.29) is 22.9 Å². The molecule has 1 aromatic carbocycles. The maximum absolute atomic E-state index is 13.4. The fourth-order valence-corrected chi connectivity index (χ4v) is 2.73. The van der Waals surface area contributed by atoms with Gasteiger partial charge in [-0.3, -0.25) is 0 Å². The van der Waals surface area contributed by atoms with Crippen LogP contribution in [0.5, 0.6) is 0 Å². The molecule has 0 bridgehead atoms. The molecule has 2 aromatic rings. The summed E-state index contributed by atoms with van der Waals surface area (Å²) in [6.07, 6.45) is 0. The molecule has 1 unspecified atom stereocenters. The Morgan fingerprint density at radius 2 is 2.00 bits per heavy atom. The number of thiophene rings is 1. The molecule has 0 fully saturated rings. The van der Waals surface area contributed by atoms with Crippen molar-refractivity contribution in [3.63, 3.8) is 0 Å². The zero-order valence-electron chi connectivity index (χ0n) is 10.3. The van der Waals surface area contributed by atoms with Gasteiger partial charge in [0.15, 0.2) is 0 Å². The van der Waals surface area contributed by atoms with Gasteiger partial charge in [0, 0.05) is 17.0 Å². The second-order valence-electron chi connectivity index (χ2n) is 4.30. The fourth-order valence-electron chi connectivity index (χ4n) is 1.87. The summed E-state index contributed by atoms with van der Waals surface area (Å²) in [5.74, 6) is -0.369. The van der Waals surface area contributed by atoms with Gasteiger partial charge in [0.2, 0.25) is 0 Å². The van der Waals surface area contributed by atoms with Gasteiger partial charge in [-0.05, 0) is 43.0 Å². The largest absolute Gasteiger partial charge is 0.303 e. The van der Waals surface area contributed by atoms with Crippen molar-refractivity contribution in [2.45, 2.75) is 25.9 Å². The number of hydrogen-bond acceptors (Lipinski definition) is 2. The molecule has 0 radical (unpaired) electrons. The van der Waals surface area contributed by atoms with Crippen LogP contribution in [0.4, 0.5) is 4.39 Å². The van der Waals surface area contributed by atoms with E-state index < -0.39 is 0 Å². The molecule has 2 rings (SSSR count). The number of nitrogens with one attached hydrogen (secondary N) is 1. The third-order valence-corrected chi connectivity index (χ3v) is 4.28. The van der Waals surface area contributed by atoms with E-state index in [2.05, 4.69) is 23.7 Å². The van der Waals surface area contributed by atoms with E-state index in [4.69, 9.17) is 11.6 Å². The van der Waals surface area contributed by atoms with Gasteiger partial charge in [-0.25, -0.2) is 4.39 Å². The molecule has 0 amide bonds. The SMILES string of the molecule is CC(N[C@@H](C)c1cccs1)c1ccc(Cl)c(F)c1. The number of rotatable bonds is 4. The van der Waals surface area contributed by atoms with Crippen molar-refractivity contribution >= 4 is 22.9 Å². The van der Waals surface area contributed by atoms with Gasteiger partial charge in [-0.2, -0.15) is 0 Å². The third-order valence-electron chi connectivity index (χ3n) is 2.91. The first-order chi connectivity index (χ1) is 8.58. The van der Waals surface area contributed by atoms with Gasteiger partial charge in [0.25, 0.3) is 0 Å². The molecule has 0 aliphatic rings. The van der Waals surface area contributed by atoms with Crippen LogP contribution >= 0.6 is 22.9 Å². The van der Waals surface area contributed by atoms with Crippen LogP contribution in [0.1, 0.15) is 36.4 Å². The van der Waals surface area contributed by atoms with Gasteiger partial charge >= 0.3 is 0 Å². The Bertz CT molecular complexity index is 513. The van der Waals surface area contributed by atoms with Crippen LogP contribution in [-0.4, -0.2) is 0 Å². The Kier molecular flexibility index (Phi) is 4.38. The summed E-state index contributed by atoms with van der Waals surface area (Å²) in [4.78, 5) is 1.27.